The molecule has 2 atom stereocenters. The van der Waals surface area contributed by atoms with E-state index in [0.717, 1.165) is 0 Å². The Morgan fingerprint density at radius 1 is 1.47 bits per heavy atom. The van der Waals surface area contributed by atoms with E-state index in [4.69, 9.17) is 5.73 Å². The number of hydrogen-bond donors (Lipinski definition) is 3. The highest BCUT2D eigenvalue weighted by molar-refractivity contribution is 9.10. The largest absolute Gasteiger partial charge is 0.388 e. The fraction of sp³-hybridized carbons (Fsp3) is 0.400. The fourth-order valence-electron chi connectivity index (χ4n) is 1.72. The van der Waals surface area contributed by atoms with Gasteiger partial charge < -0.3 is 20.8 Å². The summed E-state index contributed by atoms with van der Waals surface area (Å²) >= 11 is 3.22. The molecule has 0 bridgehead atoms. The van der Waals surface area contributed by atoms with Gasteiger partial charge in [0.15, 0.2) is 0 Å². The number of aliphatic hydroxyl groups excluding tert-OH is 2. The first-order valence-corrected chi connectivity index (χ1v) is 5.84. The van der Waals surface area contributed by atoms with Crippen LogP contribution in [0.15, 0.2) is 16.7 Å². The number of aromatic nitrogens is 1. The summed E-state index contributed by atoms with van der Waals surface area (Å²) in [7, 11) is 0. The number of carbonyl (C=O) groups is 1. The van der Waals surface area contributed by atoms with E-state index in [0.29, 0.717) is 10.0 Å². The van der Waals surface area contributed by atoms with Crippen LogP contribution < -0.4 is 5.73 Å². The lowest BCUT2D eigenvalue weighted by Gasteiger charge is -2.16. The van der Waals surface area contributed by atoms with E-state index in [1.165, 1.54) is 17.2 Å². The van der Waals surface area contributed by atoms with Gasteiger partial charge in [0.2, 0.25) is 0 Å². The summed E-state index contributed by atoms with van der Waals surface area (Å²) in [4.78, 5) is 17.3. The Morgan fingerprint density at radius 2 is 2.06 bits per heavy atom. The van der Waals surface area contributed by atoms with Gasteiger partial charge in [0.05, 0.1) is 17.8 Å². The fourth-order valence-corrected chi connectivity index (χ4v) is 2.11. The van der Waals surface area contributed by atoms with Crippen molar-refractivity contribution < 1.29 is 15.0 Å². The number of rotatable bonds is 1. The molecule has 1 saturated heterocycles. The van der Waals surface area contributed by atoms with Crippen molar-refractivity contribution in [3.8, 4) is 0 Å². The van der Waals surface area contributed by atoms with E-state index in [9.17, 15) is 15.0 Å². The quantitative estimate of drug-likeness (QED) is 0.656. The Bertz CT molecular complexity index is 444. The molecule has 17 heavy (non-hydrogen) atoms. The number of halogens is 1. The number of nitrogen functional groups attached to an aromatic ring is 1. The van der Waals surface area contributed by atoms with Gasteiger partial charge in [-0.1, -0.05) is 0 Å². The van der Waals surface area contributed by atoms with Crippen LogP contribution in [0.5, 0.6) is 0 Å². The van der Waals surface area contributed by atoms with Gasteiger partial charge in [-0.25, -0.2) is 4.98 Å². The zero-order valence-corrected chi connectivity index (χ0v) is 10.5. The van der Waals surface area contributed by atoms with Crippen molar-refractivity contribution in [3.63, 3.8) is 0 Å². The molecule has 4 N–H and O–H groups in total. The average molecular weight is 302 g/mol. The van der Waals surface area contributed by atoms with Gasteiger partial charge in [-0.05, 0) is 22.0 Å². The highest BCUT2D eigenvalue weighted by Gasteiger charge is 2.33. The number of pyridine rings is 1. The topological polar surface area (TPSA) is 99.7 Å². The second kappa shape index (κ2) is 4.59. The molecule has 1 aliphatic heterocycles. The highest BCUT2D eigenvalue weighted by atomic mass is 79.9. The zero-order chi connectivity index (χ0) is 12.6. The molecular weight excluding hydrogens is 290 g/mol. The Morgan fingerprint density at radius 3 is 2.65 bits per heavy atom. The maximum Gasteiger partial charge on any atom is 0.255 e. The van der Waals surface area contributed by atoms with Crippen LogP contribution in [0.3, 0.4) is 0 Å². The molecule has 1 amide bonds. The van der Waals surface area contributed by atoms with Crippen LogP contribution in [0.25, 0.3) is 0 Å². The number of hydrogen-bond acceptors (Lipinski definition) is 5. The summed E-state index contributed by atoms with van der Waals surface area (Å²) in [5.74, 6) is -0.0431. The van der Waals surface area contributed by atoms with Crippen LogP contribution in [0.1, 0.15) is 10.4 Å². The van der Waals surface area contributed by atoms with Gasteiger partial charge in [-0.2, -0.15) is 0 Å². The van der Waals surface area contributed by atoms with Crippen molar-refractivity contribution >= 4 is 27.7 Å². The molecular formula is C10H12BrN3O3. The van der Waals surface area contributed by atoms with Crippen LogP contribution >= 0.6 is 15.9 Å². The zero-order valence-electron chi connectivity index (χ0n) is 8.88. The van der Waals surface area contributed by atoms with Crippen molar-refractivity contribution in [2.24, 2.45) is 0 Å². The number of nitrogens with two attached hydrogens (primary N) is 1. The summed E-state index contributed by atoms with van der Waals surface area (Å²) in [6, 6.07) is 1.46. The number of nitrogens with zero attached hydrogens (tertiary/aromatic N) is 2. The van der Waals surface area contributed by atoms with Crippen molar-refractivity contribution in [1.29, 1.82) is 0 Å². The maximum atomic E-state index is 12.1. The number of β-amino-alcohol motifs (C(OH)–C–C–N with tert-alkyl or cyclic N) is 2. The van der Waals surface area contributed by atoms with E-state index in [1.807, 2.05) is 0 Å². The third kappa shape index (κ3) is 2.41. The lowest BCUT2D eigenvalue weighted by Crippen LogP contribution is -2.30. The first-order valence-electron chi connectivity index (χ1n) is 5.05. The first-order chi connectivity index (χ1) is 7.99. The normalized spacial score (nSPS) is 24.1. The van der Waals surface area contributed by atoms with E-state index in [2.05, 4.69) is 20.9 Å². The molecule has 92 valence electrons. The molecule has 0 radical (unpaired) electrons. The van der Waals surface area contributed by atoms with Crippen molar-refractivity contribution in [1.82, 2.24) is 9.88 Å². The molecule has 6 nitrogen and oxygen atoms in total. The Labute approximate surface area is 106 Å². The van der Waals surface area contributed by atoms with Crippen LogP contribution in [0.4, 0.5) is 5.82 Å². The molecule has 0 aliphatic carbocycles. The highest BCUT2D eigenvalue weighted by Crippen LogP contribution is 2.21. The molecule has 1 aromatic rings. The van der Waals surface area contributed by atoms with E-state index in [1.54, 1.807) is 0 Å². The molecule has 0 spiro atoms. The summed E-state index contributed by atoms with van der Waals surface area (Å²) in [6.45, 7) is 0.239. The lowest BCUT2D eigenvalue weighted by atomic mass is 10.2. The Balaban J connectivity index is 2.23. The van der Waals surface area contributed by atoms with Crippen LogP contribution in [-0.4, -0.2) is 51.3 Å². The number of amides is 1. The standard InChI is InChI=1S/C10H12BrN3O3/c11-6-2-13-9(12)1-5(6)10(17)14-3-7(15)8(16)4-14/h1-2,7-8,15-16H,3-4H2,(H2,12,13). The molecule has 2 rings (SSSR count). The molecule has 1 aliphatic rings. The Hall–Kier alpha value is -1.18. The molecule has 2 unspecified atom stereocenters. The summed E-state index contributed by atoms with van der Waals surface area (Å²) in [5, 5.41) is 18.8. The smallest absolute Gasteiger partial charge is 0.255 e. The summed E-state index contributed by atoms with van der Waals surface area (Å²) in [5.41, 5.74) is 5.89. The second-order valence-electron chi connectivity index (χ2n) is 3.93. The minimum absolute atomic E-state index is 0.120. The van der Waals surface area contributed by atoms with Crippen molar-refractivity contribution in [2.75, 3.05) is 18.8 Å². The van der Waals surface area contributed by atoms with E-state index < -0.39 is 12.2 Å². The number of carbonyl (C=O) groups excluding carboxylic acids is 1. The van der Waals surface area contributed by atoms with Crippen molar-refractivity contribution in [3.05, 3.63) is 22.3 Å². The molecule has 0 aromatic carbocycles. The minimum Gasteiger partial charge on any atom is -0.388 e. The minimum atomic E-state index is -0.892. The van der Waals surface area contributed by atoms with Crippen LogP contribution in [0, 0.1) is 0 Å². The summed E-state index contributed by atoms with van der Waals surface area (Å²) in [6.07, 6.45) is -0.334. The Kier molecular flexibility index (Phi) is 3.32. The third-order valence-electron chi connectivity index (χ3n) is 2.65. The molecule has 1 aromatic heterocycles. The van der Waals surface area contributed by atoms with Gasteiger partial charge in [0, 0.05) is 23.8 Å². The van der Waals surface area contributed by atoms with Gasteiger partial charge in [-0.15, -0.1) is 0 Å². The van der Waals surface area contributed by atoms with Gasteiger partial charge >= 0.3 is 0 Å². The van der Waals surface area contributed by atoms with Crippen LogP contribution in [0.2, 0.25) is 0 Å². The molecule has 2 heterocycles. The molecule has 0 saturated carbocycles. The third-order valence-corrected chi connectivity index (χ3v) is 3.29. The van der Waals surface area contributed by atoms with Gasteiger partial charge in [0.25, 0.3) is 5.91 Å². The predicted octanol–water partition coefficient (Wildman–Crippen LogP) is -0.396. The lowest BCUT2D eigenvalue weighted by molar-refractivity contribution is 0.0572. The van der Waals surface area contributed by atoms with Gasteiger partial charge in [0.1, 0.15) is 5.82 Å². The first kappa shape index (κ1) is 12.3. The molecule has 7 heteroatoms. The SMILES string of the molecule is Nc1cc(C(=O)N2CC(O)C(O)C2)c(Br)cn1. The summed E-state index contributed by atoms with van der Waals surface area (Å²) < 4.78 is 0.535. The van der Waals surface area contributed by atoms with Gasteiger partial charge in [-0.3, -0.25) is 4.79 Å². The van der Waals surface area contributed by atoms with E-state index >= 15 is 0 Å². The number of anilines is 1. The number of likely N-dealkylation sites (tertiary alicyclic amines) is 1. The second-order valence-corrected chi connectivity index (χ2v) is 4.79. The van der Waals surface area contributed by atoms with E-state index in [-0.39, 0.29) is 24.8 Å². The van der Waals surface area contributed by atoms with Crippen LogP contribution in [-0.2, 0) is 0 Å². The maximum absolute atomic E-state index is 12.1. The number of aliphatic hydroxyl groups is 2. The predicted molar refractivity (Wildman–Crippen MR) is 64.3 cm³/mol. The monoisotopic (exact) mass is 301 g/mol. The van der Waals surface area contributed by atoms with Crippen molar-refractivity contribution in [2.45, 2.75) is 12.2 Å². The molecule has 1 fully saturated rings. The average Bonchev–Trinajstić information content (AvgIpc) is 2.62.